The highest BCUT2D eigenvalue weighted by molar-refractivity contribution is 6.28. The van der Waals surface area contributed by atoms with Crippen LogP contribution in [0.15, 0.2) is 18.2 Å². The van der Waals surface area contributed by atoms with Crippen LogP contribution in [0.1, 0.15) is 26.3 Å². The molecule has 76 valence electrons. The molecule has 1 aromatic carbocycles. The smallest absolute Gasteiger partial charge is 0.421 e. The van der Waals surface area contributed by atoms with Crippen molar-refractivity contribution in [3.63, 3.8) is 0 Å². The molecule has 5 nitrogen and oxygen atoms in total. The monoisotopic (exact) mass is 205 g/mol. The molecule has 0 atom stereocenters. The second-order valence-corrected chi connectivity index (χ2v) is 3.23. The molecule has 3 amide bonds. The number of carboxylic acid groups (broad SMARTS) is 1. The predicted molar refractivity (Wildman–Crippen MR) is 49.7 cm³/mol. The number of rotatable bonds is 0. The van der Waals surface area contributed by atoms with Gasteiger partial charge >= 0.3 is 6.09 Å². The van der Waals surface area contributed by atoms with Crippen LogP contribution >= 0.6 is 0 Å². The van der Waals surface area contributed by atoms with E-state index in [0.29, 0.717) is 5.56 Å². The number of carbonyl (C=O) groups excluding carboxylic acids is 2. The molecule has 5 heteroatoms. The van der Waals surface area contributed by atoms with E-state index < -0.39 is 17.9 Å². The average Bonchev–Trinajstić information content (AvgIpc) is 2.40. The summed E-state index contributed by atoms with van der Waals surface area (Å²) in [6.07, 6.45) is -1.54. The van der Waals surface area contributed by atoms with Gasteiger partial charge in [-0.3, -0.25) is 9.59 Å². The molecule has 0 bridgehead atoms. The standard InChI is InChI=1S/C10H7NO4/c1-5-3-2-4-6-7(5)9(13)11(8(6)12)10(14)15/h2-4H,1H3,(H,14,15). The summed E-state index contributed by atoms with van der Waals surface area (Å²) < 4.78 is 0. The van der Waals surface area contributed by atoms with Gasteiger partial charge in [0.1, 0.15) is 0 Å². The highest BCUT2D eigenvalue weighted by Crippen LogP contribution is 2.25. The summed E-state index contributed by atoms with van der Waals surface area (Å²) in [5.41, 5.74) is 0.946. The van der Waals surface area contributed by atoms with Gasteiger partial charge in [-0.2, -0.15) is 4.90 Å². The van der Waals surface area contributed by atoms with Gasteiger partial charge in [0.05, 0.1) is 11.1 Å². The number of hydrogen-bond acceptors (Lipinski definition) is 3. The Kier molecular flexibility index (Phi) is 1.82. The number of amides is 3. The minimum Gasteiger partial charge on any atom is -0.464 e. The molecule has 0 aromatic heterocycles. The number of carbonyl (C=O) groups is 3. The number of aryl methyl sites for hydroxylation is 1. The first-order valence-electron chi connectivity index (χ1n) is 4.25. The third kappa shape index (κ3) is 1.13. The fourth-order valence-corrected chi connectivity index (χ4v) is 1.63. The molecule has 0 aliphatic carbocycles. The topological polar surface area (TPSA) is 74.7 Å². The average molecular weight is 205 g/mol. The van der Waals surface area contributed by atoms with Gasteiger partial charge in [0, 0.05) is 0 Å². The van der Waals surface area contributed by atoms with E-state index in [9.17, 15) is 14.4 Å². The van der Waals surface area contributed by atoms with Crippen LogP contribution in [0, 0.1) is 6.92 Å². The Hall–Kier alpha value is -2.17. The lowest BCUT2D eigenvalue weighted by Gasteiger charge is -2.05. The molecular weight excluding hydrogens is 198 g/mol. The molecular formula is C10H7NO4. The highest BCUT2D eigenvalue weighted by atomic mass is 16.4. The van der Waals surface area contributed by atoms with Gasteiger partial charge in [-0.1, -0.05) is 12.1 Å². The lowest BCUT2D eigenvalue weighted by atomic mass is 10.0. The molecule has 1 aromatic rings. The summed E-state index contributed by atoms with van der Waals surface area (Å²) >= 11 is 0. The first kappa shape index (κ1) is 9.39. The number of fused-ring (bicyclic) bond motifs is 1. The van der Waals surface area contributed by atoms with E-state index >= 15 is 0 Å². The molecule has 1 aliphatic rings. The Balaban J connectivity index is 2.66. The van der Waals surface area contributed by atoms with E-state index in [1.54, 1.807) is 19.1 Å². The van der Waals surface area contributed by atoms with Crippen molar-refractivity contribution in [2.24, 2.45) is 0 Å². The van der Waals surface area contributed by atoms with E-state index in [-0.39, 0.29) is 16.0 Å². The lowest BCUT2D eigenvalue weighted by Crippen LogP contribution is -2.34. The maximum absolute atomic E-state index is 11.6. The maximum atomic E-state index is 11.6. The SMILES string of the molecule is Cc1cccc2c1C(=O)N(C(=O)O)C2=O. The van der Waals surface area contributed by atoms with Crippen molar-refractivity contribution in [3.8, 4) is 0 Å². The Morgan fingerprint density at radius 3 is 2.47 bits per heavy atom. The molecule has 1 aliphatic heterocycles. The molecule has 1 heterocycles. The number of benzene rings is 1. The molecule has 0 saturated heterocycles. The molecule has 15 heavy (non-hydrogen) atoms. The zero-order valence-corrected chi connectivity index (χ0v) is 7.85. The van der Waals surface area contributed by atoms with Crippen LogP contribution in [-0.4, -0.2) is 27.9 Å². The van der Waals surface area contributed by atoms with Crippen molar-refractivity contribution >= 4 is 17.9 Å². The maximum Gasteiger partial charge on any atom is 0.421 e. The second kappa shape index (κ2) is 2.91. The van der Waals surface area contributed by atoms with Gasteiger partial charge in [-0.05, 0) is 18.6 Å². The van der Waals surface area contributed by atoms with Crippen molar-refractivity contribution in [1.29, 1.82) is 0 Å². The van der Waals surface area contributed by atoms with E-state index in [1.807, 2.05) is 0 Å². The van der Waals surface area contributed by atoms with Crippen LogP contribution < -0.4 is 0 Å². The van der Waals surface area contributed by atoms with Crippen molar-refractivity contribution in [2.75, 3.05) is 0 Å². The van der Waals surface area contributed by atoms with Gasteiger partial charge in [-0.15, -0.1) is 0 Å². The summed E-state index contributed by atoms with van der Waals surface area (Å²) in [4.78, 5) is 34.0. The Morgan fingerprint density at radius 1 is 1.27 bits per heavy atom. The summed E-state index contributed by atoms with van der Waals surface area (Å²) in [5.74, 6) is -1.54. The summed E-state index contributed by atoms with van der Waals surface area (Å²) in [6, 6.07) is 4.73. The number of imide groups is 3. The van der Waals surface area contributed by atoms with Crippen LogP contribution in [0.5, 0.6) is 0 Å². The molecule has 0 unspecified atom stereocenters. The highest BCUT2D eigenvalue weighted by Gasteiger charge is 2.40. The van der Waals surface area contributed by atoms with Crippen LogP contribution in [0.25, 0.3) is 0 Å². The van der Waals surface area contributed by atoms with E-state index in [1.165, 1.54) is 6.07 Å². The molecule has 2 rings (SSSR count). The Morgan fingerprint density at radius 2 is 1.93 bits per heavy atom. The fourth-order valence-electron chi connectivity index (χ4n) is 1.63. The van der Waals surface area contributed by atoms with Crippen LogP contribution in [0.3, 0.4) is 0 Å². The largest absolute Gasteiger partial charge is 0.464 e. The van der Waals surface area contributed by atoms with Gasteiger partial charge in [-0.25, -0.2) is 4.79 Å². The van der Waals surface area contributed by atoms with E-state index in [0.717, 1.165) is 0 Å². The zero-order valence-electron chi connectivity index (χ0n) is 7.85. The lowest BCUT2D eigenvalue weighted by molar-refractivity contribution is 0.0651. The van der Waals surface area contributed by atoms with Crippen LogP contribution in [-0.2, 0) is 0 Å². The number of hydrogen-bond donors (Lipinski definition) is 1. The Labute approximate surface area is 84.9 Å². The van der Waals surface area contributed by atoms with E-state index in [2.05, 4.69) is 0 Å². The normalized spacial score (nSPS) is 14.3. The van der Waals surface area contributed by atoms with Crippen molar-refractivity contribution in [1.82, 2.24) is 4.90 Å². The van der Waals surface area contributed by atoms with Gasteiger partial charge in [0.15, 0.2) is 0 Å². The van der Waals surface area contributed by atoms with Crippen molar-refractivity contribution in [3.05, 3.63) is 34.9 Å². The van der Waals surface area contributed by atoms with E-state index in [4.69, 9.17) is 5.11 Å². The Bertz CT molecular complexity index is 492. The zero-order chi connectivity index (χ0) is 11.2. The first-order chi connectivity index (χ1) is 7.04. The molecule has 0 spiro atoms. The molecule has 0 radical (unpaired) electrons. The minimum absolute atomic E-state index is 0.155. The first-order valence-corrected chi connectivity index (χ1v) is 4.25. The second-order valence-electron chi connectivity index (χ2n) is 3.23. The fraction of sp³-hybridized carbons (Fsp3) is 0.100. The summed E-state index contributed by atoms with van der Waals surface area (Å²) in [7, 11) is 0. The minimum atomic E-state index is -1.54. The molecule has 0 fully saturated rings. The molecule has 0 saturated carbocycles. The van der Waals surface area contributed by atoms with Crippen molar-refractivity contribution in [2.45, 2.75) is 6.92 Å². The predicted octanol–water partition coefficient (Wildman–Crippen LogP) is 1.27. The van der Waals surface area contributed by atoms with Crippen LogP contribution in [0.2, 0.25) is 0 Å². The van der Waals surface area contributed by atoms with Crippen LogP contribution in [0.4, 0.5) is 4.79 Å². The third-order valence-electron chi connectivity index (χ3n) is 2.31. The summed E-state index contributed by atoms with van der Waals surface area (Å²) in [6.45, 7) is 1.66. The van der Waals surface area contributed by atoms with Crippen molar-refractivity contribution < 1.29 is 19.5 Å². The van der Waals surface area contributed by atoms with Gasteiger partial charge in [0.25, 0.3) is 11.8 Å². The summed E-state index contributed by atoms with van der Waals surface area (Å²) in [5, 5.41) is 8.70. The van der Waals surface area contributed by atoms with Gasteiger partial charge < -0.3 is 5.11 Å². The molecule has 1 N–H and O–H groups in total. The van der Waals surface area contributed by atoms with Gasteiger partial charge in [0.2, 0.25) is 0 Å². The quantitative estimate of drug-likeness (QED) is 0.647. The number of nitrogens with zero attached hydrogens (tertiary/aromatic N) is 1. The third-order valence-corrected chi connectivity index (χ3v) is 2.31.